The van der Waals surface area contributed by atoms with E-state index in [0.29, 0.717) is 0 Å². The molecule has 2 rings (SSSR count). The van der Waals surface area contributed by atoms with E-state index in [-0.39, 0.29) is 0 Å². The Hall–Kier alpha value is -1.96. The van der Waals surface area contributed by atoms with Crippen LogP contribution < -0.4 is 0 Å². The fourth-order valence-corrected chi connectivity index (χ4v) is 2.29. The fraction of sp³-hybridized carbons (Fsp3) is 0.368. The van der Waals surface area contributed by atoms with Gasteiger partial charge in [-0.2, -0.15) is 0 Å². The first-order valence-electron chi connectivity index (χ1n) is 7.94. The van der Waals surface area contributed by atoms with Crippen LogP contribution in [0.1, 0.15) is 51.0 Å². The van der Waals surface area contributed by atoms with Gasteiger partial charge in [-0.3, -0.25) is 9.97 Å². The van der Waals surface area contributed by atoms with Gasteiger partial charge >= 0.3 is 0 Å². The molecular formula is C19H24N2. The van der Waals surface area contributed by atoms with Crippen molar-refractivity contribution in [3.8, 4) is 11.4 Å². The minimum absolute atomic E-state index is 0.923. The lowest BCUT2D eigenvalue weighted by Gasteiger charge is -2.01. The van der Waals surface area contributed by atoms with Gasteiger partial charge in [-0.15, -0.1) is 0 Å². The number of hydrogen-bond donors (Lipinski definition) is 0. The minimum atomic E-state index is 0.923. The van der Waals surface area contributed by atoms with Crippen molar-refractivity contribution in [2.75, 3.05) is 0 Å². The summed E-state index contributed by atoms with van der Waals surface area (Å²) < 4.78 is 0. The van der Waals surface area contributed by atoms with Gasteiger partial charge in [0.15, 0.2) is 0 Å². The Morgan fingerprint density at radius 2 is 1.76 bits per heavy atom. The van der Waals surface area contributed by atoms with Crippen molar-refractivity contribution in [3.63, 3.8) is 0 Å². The van der Waals surface area contributed by atoms with Crippen molar-refractivity contribution >= 4 is 6.08 Å². The van der Waals surface area contributed by atoms with Crippen LogP contribution in [0.5, 0.6) is 0 Å². The molecule has 2 aromatic heterocycles. The van der Waals surface area contributed by atoms with Crippen molar-refractivity contribution < 1.29 is 0 Å². The highest BCUT2D eigenvalue weighted by atomic mass is 14.8. The van der Waals surface area contributed by atoms with Crippen molar-refractivity contribution in [2.45, 2.75) is 45.4 Å². The maximum absolute atomic E-state index is 4.39. The third-order valence-corrected chi connectivity index (χ3v) is 3.50. The molecule has 2 aromatic rings. The quantitative estimate of drug-likeness (QED) is 0.595. The lowest BCUT2D eigenvalue weighted by Crippen LogP contribution is -1.86. The van der Waals surface area contributed by atoms with Crippen LogP contribution in [0.15, 0.2) is 48.8 Å². The number of unbranched alkanes of at least 4 members (excludes halogenated alkanes) is 5. The first-order valence-corrected chi connectivity index (χ1v) is 7.94. The Morgan fingerprint density at radius 3 is 2.57 bits per heavy atom. The van der Waals surface area contributed by atoms with Crippen LogP contribution in [0.3, 0.4) is 0 Å². The maximum Gasteiger partial charge on any atom is 0.0892 e. The summed E-state index contributed by atoms with van der Waals surface area (Å²) in [6, 6.07) is 10.0. The third-order valence-electron chi connectivity index (χ3n) is 3.50. The number of rotatable bonds is 8. The summed E-state index contributed by atoms with van der Waals surface area (Å²) in [7, 11) is 0. The fourth-order valence-electron chi connectivity index (χ4n) is 2.29. The molecule has 0 aliphatic heterocycles. The summed E-state index contributed by atoms with van der Waals surface area (Å²) in [6.45, 7) is 2.25. The summed E-state index contributed by atoms with van der Waals surface area (Å²) in [5.74, 6) is 0. The Bertz CT molecular complexity index is 547. The number of allylic oxidation sites excluding steroid dienone is 1. The molecule has 0 spiro atoms. The molecule has 0 atom stereocenters. The summed E-state index contributed by atoms with van der Waals surface area (Å²) in [5.41, 5.74) is 3.05. The molecule has 2 nitrogen and oxygen atoms in total. The third kappa shape index (κ3) is 5.50. The maximum atomic E-state index is 4.39. The van der Waals surface area contributed by atoms with Crippen molar-refractivity contribution in [2.24, 2.45) is 0 Å². The highest BCUT2D eigenvalue weighted by Crippen LogP contribution is 2.16. The second kappa shape index (κ2) is 9.06. The summed E-state index contributed by atoms with van der Waals surface area (Å²) in [5, 5.41) is 0. The molecule has 0 amide bonds. The molecule has 2 heteroatoms. The van der Waals surface area contributed by atoms with E-state index in [1.54, 1.807) is 6.20 Å². The van der Waals surface area contributed by atoms with E-state index in [9.17, 15) is 0 Å². The van der Waals surface area contributed by atoms with Crippen LogP contribution >= 0.6 is 0 Å². The zero-order chi connectivity index (χ0) is 14.8. The molecule has 21 heavy (non-hydrogen) atoms. The number of nitrogens with zero attached hydrogens (tertiary/aromatic N) is 2. The molecule has 0 saturated heterocycles. The Labute approximate surface area is 128 Å². The average molecular weight is 280 g/mol. The van der Waals surface area contributed by atoms with Crippen molar-refractivity contribution in [3.05, 3.63) is 54.4 Å². The van der Waals surface area contributed by atoms with E-state index in [1.807, 2.05) is 30.5 Å². The number of hydrogen-bond acceptors (Lipinski definition) is 2. The highest BCUT2D eigenvalue weighted by Gasteiger charge is 1.99. The van der Waals surface area contributed by atoms with Crippen LogP contribution in [0.4, 0.5) is 0 Å². The lowest BCUT2D eigenvalue weighted by molar-refractivity contribution is 0.638. The molecule has 0 fully saturated rings. The molecular weight excluding hydrogens is 256 g/mol. The van der Waals surface area contributed by atoms with Gasteiger partial charge in [0, 0.05) is 12.4 Å². The van der Waals surface area contributed by atoms with Gasteiger partial charge in [0.1, 0.15) is 0 Å². The molecule has 110 valence electrons. The van der Waals surface area contributed by atoms with Crippen LogP contribution in [-0.4, -0.2) is 9.97 Å². The minimum Gasteiger partial charge on any atom is -0.255 e. The molecule has 0 aromatic carbocycles. The highest BCUT2D eigenvalue weighted by molar-refractivity contribution is 5.60. The Morgan fingerprint density at radius 1 is 0.905 bits per heavy atom. The second-order valence-corrected chi connectivity index (χ2v) is 5.29. The number of pyridine rings is 2. The average Bonchev–Trinajstić information content (AvgIpc) is 2.55. The topological polar surface area (TPSA) is 25.8 Å². The van der Waals surface area contributed by atoms with Gasteiger partial charge in [0.05, 0.1) is 11.4 Å². The van der Waals surface area contributed by atoms with Gasteiger partial charge in [-0.05, 0) is 42.7 Å². The van der Waals surface area contributed by atoms with Gasteiger partial charge in [-0.1, -0.05) is 50.8 Å². The van der Waals surface area contributed by atoms with Crippen LogP contribution in [0.25, 0.3) is 17.5 Å². The van der Waals surface area contributed by atoms with Gasteiger partial charge < -0.3 is 0 Å². The normalized spacial score (nSPS) is 11.1. The zero-order valence-electron chi connectivity index (χ0n) is 12.8. The molecule has 0 radical (unpaired) electrons. The van der Waals surface area contributed by atoms with Crippen molar-refractivity contribution in [1.29, 1.82) is 0 Å². The molecule has 0 aliphatic rings. The van der Waals surface area contributed by atoms with Crippen LogP contribution in [0.2, 0.25) is 0 Å². The largest absolute Gasteiger partial charge is 0.255 e. The summed E-state index contributed by atoms with van der Waals surface area (Å²) in [4.78, 5) is 8.73. The predicted octanol–water partition coefficient (Wildman–Crippen LogP) is 5.52. The van der Waals surface area contributed by atoms with Gasteiger partial charge in [-0.25, -0.2) is 0 Å². The van der Waals surface area contributed by atoms with E-state index in [4.69, 9.17) is 0 Å². The monoisotopic (exact) mass is 280 g/mol. The van der Waals surface area contributed by atoms with E-state index >= 15 is 0 Å². The van der Waals surface area contributed by atoms with Crippen LogP contribution in [0, 0.1) is 0 Å². The Balaban J connectivity index is 1.87. The molecule has 0 unspecified atom stereocenters. The van der Waals surface area contributed by atoms with E-state index in [2.05, 4.69) is 35.1 Å². The lowest BCUT2D eigenvalue weighted by atomic mass is 10.1. The van der Waals surface area contributed by atoms with E-state index < -0.39 is 0 Å². The smallest absolute Gasteiger partial charge is 0.0892 e. The summed E-state index contributed by atoms with van der Waals surface area (Å²) in [6.07, 6.45) is 15.9. The predicted molar refractivity (Wildman–Crippen MR) is 89.9 cm³/mol. The molecule has 0 bridgehead atoms. The molecule has 2 heterocycles. The number of aromatic nitrogens is 2. The van der Waals surface area contributed by atoms with E-state index in [1.165, 1.54) is 37.7 Å². The Kier molecular flexibility index (Phi) is 6.66. The van der Waals surface area contributed by atoms with Crippen molar-refractivity contribution in [1.82, 2.24) is 9.97 Å². The first-order chi connectivity index (χ1) is 10.4. The zero-order valence-corrected chi connectivity index (χ0v) is 12.8. The molecule has 0 N–H and O–H groups in total. The second-order valence-electron chi connectivity index (χ2n) is 5.29. The van der Waals surface area contributed by atoms with Gasteiger partial charge in [0.2, 0.25) is 0 Å². The van der Waals surface area contributed by atoms with Gasteiger partial charge in [0.25, 0.3) is 0 Å². The first kappa shape index (κ1) is 15.4. The molecule has 0 saturated carbocycles. The van der Waals surface area contributed by atoms with E-state index in [0.717, 1.165) is 17.8 Å². The summed E-state index contributed by atoms with van der Waals surface area (Å²) >= 11 is 0. The standard InChI is InChI=1S/C19H24N2/c1-2-3-4-5-6-7-8-11-17-13-15-21-19(16-17)18-12-9-10-14-20-18/h8-16H,2-7H2,1H3/b11-8-. The molecule has 0 aliphatic carbocycles. The van der Waals surface area contributed by atoms with Crippen LogP contribution in [-0.2, 0) is 0 Å². The SMILES string of the molecule is CCCCCCC/C=C\c1ccnc(-c2ccccn2)c1.